The Morgan fingerprint density at radius 2 is 1.58 bits per heavy atom. The van der Waals surface area contributed by atoms with E-state index >= 15 is 0 Å². The van der Waals surface area contributed by atoms with Gasteiger partial charge in [0.25, 0.3) is 0 Å². The molecule has 3 aromatic carbocycles. The second kappa shape index (κ2) is 10.7. The van der Waals surface area contributed by atoms with Gasteiger partial charge in [0.1, 0.15) is 0 Å². The van der Waals surface area contributed by atoms with Gasteiger partial charge in [-0.05, 0) is 77.8 Å². The maximum absolute atomic E-state index is 14.7. The third kappa shape index (κ3) is 5.33. The highest BCUT2D eigenvalue weighted by molar-refractivity contribution is 5.68. The van der Waals surface area contributed by atoms with E-state index in [-0.39, 0.29) is 0 Å². The average Bonchev–Trinajstić information content (AvgIpc) is 2.86. The Kier molecular flexibility index (Phi) is 7.54. The van der Waals surface area contributed by atoms with Gasteiger partial charge < -0.3 is 0 Å². The normalized spacial score (nSPS) is 15.8. The van der Waals surface area contributed by atoms with Gasteiger partial charge in [0.05, 0.1) is 0 Å². The fourth-order valence-corrected chi connectivity index (χ4v) is 4.76. The molecule has 1 unspecified atom stereocenters. The molecule has 170 valence electrons. The Morgan fingerprint density at radius 3 is 2.18 bits per heavy atom. The number of rotatable bonds is 8. The summed E-state index contributed by atoms with van der Waals surface area (Å²) in [6, 6.07) is 21.1. The van der Waals surface area contributed by atoms with Crippen LogP contribution in [-0.4, -0.2) is 0 Å². The molecule has 2 heteroatoms. The second-order valence-electron chi connectivity index (χ2n) is 9.00. The van der Waals surface area contributed by atoms with Crippen molar-refractivity contribution in [1.29, 1.82) is 0 Å². The lowest BCUT2D eigenvalue weighted by molar-refractivity contribution is 0.494. The Hall–Kier alpha value is -3.00. The maximum atomic E-state index is 14.7. The van der Waals surface area contributed by atoms with E-state index in [1.807, 2.05) is 13.0 Å². The van der Waals surface area contributed by atoms with Gasteiger partial charge in [-0.2, -0.15) is 0 Å². The van der Waals surface area contributed by atoms with Gasteiger partial charge in [-0.3, -0.25) is 0 Å². The van der Waals surface area contributed by atoms with Crippen LogP contribution in [0.5, 0.6) is 0 Å². The van der Waals surface area contributed by atoms with Crippen LogP contribution in [0.2, 0.25) is 0 Å². The van der Waals surface area contributed by atoms with Crippen LogP contribution in [0, 0.1) is 11.6 Å². The predicted octanol–water partition coefficient (Wildman–Crippen LogP) is 9.05. The Balaban J connectivity index is 1.44. The van der Waals surface area contributed by atoms with E-state index in [1.165, 1.54) is 22.3 Å². The van der Waals surface area contributed by atoms with Gasteiger partial charge in [-0.1, -0.05) is 86.2 Å². The van der Waals surface area contributed by atoms with E-state index in [2.05, 4.69) is 61.2 Å². The van der Waals surface area contributed by atoms with Crippen molar-refractivity contribution in [2.24, 2.45) is 0 Å². The van der Waals surface area contributed by atoms with Crippen LogP contribution in [0.1, 0.15) is 67.2 Å². The molecule has 1 aliphatic rings. The first-order chi connectivity index (χ1) is 16.1. The number of hydrogen-bond donors (Lipinski definition) is 0. The molecule has 0 N–H and O–H groups in total. The molecule has 0 fully saturated rings. The first kappa shape index (κ1) is 23.2. The zero-order valence-corrected chi connectivity index (χ0v) is 19.4. The largest absolute Gasteiger partial charge is 0.203 e. The van der Waals surface area contributed by atoms with Crippen LogP contribution in [0.3, 0.4) is 0 Å². The molecular formula is C31H32F2. The molecule has 3 aromatic rings. The minimum Gasteiger partial charge on any atom is -0.203 e. The van der Waals surface area contributed by atoms with E-state index in [0.717, 1.165) is 44.1 Å². The second-order valence-corrected chi connectivity index (χ2v) is 9.00. The van der Waals surface area contributed by atoms with E-state index in [0.29, 0.717) is 23.5 Å². The first-order valence-corrected chi connectivity index (χ1v) is 12.1. The minimum absolute atomic E-state index is 0.413. The molecule has 0 bridgehead atoms. The van der Waals surface area contributed by atoms with Crippen molar-refractivity contribution >= 4 is 5.57 Å². The molecular weight excluding hydrogens is 410 g/mol. The minimum atomic E-state index is -0.689. The molecule has 0 nitrogen and oxygen atoms in total. The summed E-state index contributed by atoms with van der Waals surface area (Å²) in [5.41, 5.74) is 6.90. The van der Waals surface area contributed by atoms with Crippen LogP contribution < -0.4 is 0 Å². The van der Waals surface area contributed by atoms with Crippen LogP contribution in [-0.2, 0) is 12.8 Å². The average molecular weight is 443 g/mol. The number of allylic oxidation sites excluding steroid dienone is 3. The van der Waals surface area contributed by atoms with Gasteiger partial charge in [-0.15, -0.1) is 6.58 Å². The Bertz CT molecular complexity index is 1120. The summed E-state index contributed by atoms with van der Waals surface area (Å²) < 4.78 is 29.1. The highest BCUT2D eigenvalue weighted by atomic mass is 19.2. The van der Waals surface area contributed by atoms with Crippen molar-refractivity contribution in [3.63, 3.8) is 0 Å². The van der Waals surface area contributed by atoms with Crippen molar-refractivity contribution in [2.45, 2.75) is 57.8 Å². The number of halogens is 2. The van der Waals surface area contributed by atoms with Gasteiger partial charge in [0.2, 0.25) is 0 Å². The fourth-order valence-electron chi connectivity index (χ4n) is 4.76. The van der Waals surface area contributed by atoms with E-state index in [4.69, 9.17) is 0 Å². The summed E-state index contributed by atoms with van der Waals surface area (Å²) in [5.74, 6) is -0.955. The van der Waals surface area contributed by atoms with Crippen molar-refractivity contribution in [1.82, 2.24) is 0 Å². The topological polar surface area (TPSA) is 0 Å². The van der Waals surface area contributed by atoms with Gasteiger partial charge in [-0.25, -0.2) is 8.78 Å². The molecule has 0 aromatic heterocycles. The zero-order valence-electron chi connectivity index (χ0n) is 19.4. The Labute approximate surface area is 196 Å². The molecule has 33 heavy (non-hydrogen) atoms. The fraction of sp³-hybridized carbons (Fsp3) is 0.290. The van der Waals surface area contributed by atoms with E-state index in [1.54, 1.807) is 12.1 Å². The monoisotopic (exact) mass is 442 g/mol. The predicted molar refractivity (Wildman–Crippen MR) is 135 cm³/mol. The standard InChI is InChI=1S/C31H32F2/c1-3-5-7-22-8-10-23(11-9-22)24-12-14-25(15-13-24)26-16-18-27(19-17-26)29-21-20-28(6-4-2)30(32)31(29)33/h3,8-15,18,20-21,26H,1,4-7,16-17,19H2,2H3. The summed E-state index contributed by atoms with van der Waals surface area (Å²) in [6.07, 6.45) is 10.0. The summed E-state index contributed by atoms with van der Waals surface area (Å²) in [7, 11) is 0. The lowest BCUT2D eigenvalue weighted by atomic mass is 9.82. The SMILES string of the molecule is C=CCCc1ccc(-c2ccc(C3CC=C(c4ccc(CCC)c(F)c4F)CC3)cc2)cc1. The highest BCUT2D eigenvalue weighted by Crippen LogP contribution is 2.38. The molecule has 4 rings (SSSR count). The van der Waals surface area contributed by atoms with Crippen LogP contribution in [0.4, 0.5) is 8.78 Å². The first-order valence-electron chi connectivity index (χ1n) is 12.1. The molecule has 1 aliphatic carbocycles. The maximum Gasteiger partial charge on any atom is 0.166 e. The number of benzene rings is 3. The molecule has 0 saturated heterocycles. The molecule has 0 aliphatic heterocycles. The van der Waals surface area contributed by atoms with Gasteiger partial charge >= 0.3 is 0 Å². The lowest BCUT2D eigenvalue weighted by Gasteiger charge is -2.23. The summed E-state index contributed by atoms with van der Waals surface area (Å²) in [4.78, 5) is 0. The van der Waals surface area contributed by atoms with Gasteiger partial charge in [0.15, 0.2) is 11.6 Å². The van der Waals surface area contributed by atoms with Crippen LogP contribution in [0.25, 0.3) is 16.7 Å². The third-order valence-corrected chi connectivity index (χ3v) is 6.74. The smallest absolute Gasteiger partial charge is 0.166 e. The zero-order chi connectivity index (χ0) is 23.2. The molecule has 0 amide bonds. The highest BCUT2D eigenvalue weighted by Gasteiger charge is 2.21. The van der Waals surface area contributed by atoms with Crippen molar-refractivity contribution in [3.8, 4) is 11.1 Å². The molecule has 0 saturated carbocycles. The number of aryl methyl sites for hydroxylation is 2. The molecule has 0 spiro atoms. The van der Waals surface area contributed by atoms with Crippen LogP contribution >= 0.6 is 0 Å². The van der Waals surface area contributed by atoms with E-state index < -0.39 is 11.6 Å². The quantitative estimate of drug-likeness (QED) is 0.305. The summed E-state index contributed by atoms with van der Waals surface area (Å²) in [6.45, 7) is 5.76. The van der Waals surface area contributed by atoms with Crippen molar-refractivity contribution < 1.29 is 8.78 Å². The number of hydrogen-bond acceptors (Lipinski definition) is 0. The van der Waals surface area contributed by atoms with E-state index in [9.17, 15) is 8.78 Å². The summed E-state index contributed by atoms with van der Waals surface area (Å²) >= 11 is 0. The lowest BCUT2D eigenvalue weighted by Crippen LogP contribution is -2.06. The van der Waals surface area contributed by atoms with Gasteiger partial charge in [0, 0.05) is 5.56 Å². The molecule has 1 atom stereocenters. The summed E-state index contributed by atoms with van der Waals surface area (Å²) in [5, 5.41) is 0. The van der Waals surface area contributed by atoms with Crippen LogP contribution in [0.15, 0.2) is 79.4 Å². The molecule has 0 heterocycles. The third-order valence-electron chi connectivity index (χ3n) is 6.74. The van der Waals surface area contributed by atoms with Crippen molar-refractivity contribution in [2.75, 3.05) is 0 Å². The Morgan fingerprint density at radius 1 is 0.879 bits per heavy atom. The van der Waals surface area contributed by atoms with Crippen molar-refractivity contribution in [3.05, 3.63) is 113 Å². The molecule has 0 radical (unpaired) electrons.